The molecule has 2 N–H and O–H groups in total. The molecule has 0 bridgehead atoms. The summed E-state index contributed by atoms with van der Waals surface area (Å²) in [6, 6.07) is 7.11. The number of nitrogens with two attached hydrogens (primary N) is 1. The van der Waals surface area contributed by atoms with Crippen molar-refractivity contribution in [3.8, 4) is 0 Å². The number of benzene rings is 1. The van der Waals surface area contributed by atoms with E-state index >= 15 is 0 Å². The number of hydrogen-bond acceptors (Lipinski definition) is 6. The topological polar surface area (TPSA) is 78.6 Å². The van der Waals surface area contributed by atoms with Crippen LogP contribution in [0, 0.1) is 0 Å². The zero-order chi connectivity index (χ0) is 14.7. The van der Waals surface area contributed by atoms with Gasteiger partial charge in [-0.3, -0.25) is 0 Å². The summed E-state index contributed by atoms with van der Waals surface area (Å²) in [7, 11) is 0. The van der Waals surface area contributed by atoms with Crippen LogP contribution in [0.4, 0.5) is 5.69 Å². The molecule has 0 aliphatic rings. The quantitative estimate of drug-likeness (QED) is 0.692. The SMILES string of the molecule is CC(C)OC(=O)COC(=O)c1cc2cc(N)ccc2s1. The molecular formula is C14H15NO4S. The number of rotatable bonds is 4. The van der Waals surface area contributed by atoms with E-state index in [1.54, 1.807) is 32.0 Å². The molecule has 0 aliphatic carbocycles. The Morgan fingerprint density at radius 3 is 2.75 bits per heavy atom. The third-order valence-electron chi connectivity index (χ3n) is 2.43. The van der Waals surface area contributed by atoms with Crippen molar-refractivity contribution in [2.45, 2.75) is 20.0 Å². The van der Waals surface area contributed by atoms with Gasteiger partial charge in [-0.25, -0.2) is 9.59 Å². The lowest BCUT2D eigenvalue weighted by Gasteiger charge is -2.07. The summed E-state index contributed by atoms with van der Waals surface area (Å²) in [6.07, 6.45) is -0.228. The van der Waals surface area contributed by atoms with Crippen LogP contribution < -0.4 is 5.73 Å². The van der Waals surface area contributed by atoms with Crippen LogP contribution in [0.15, 0.2) is 24.3 Å². The van der Waals surface area contributed by atoms with Crippen molar-refractivity contribution >= 4 is 39.0 Å². The lowest BCUT2D eigenvalue weighted by atomic mass is 10.2. The molecule has 1 aromatic carbocycles. The third-order valence-corrected chi connectivity index (χ3v) is 3.53. The smallest absolute Gasteiger partial charge is 0.348 e. The standard InChI is InChI=1S/C14H15NO4S/c1-8(2)19-13(16)7-18-14(17)12-6-9-5-10(15)3-4-11(9)20-12/h3-6,8H,7,15H2,1-2H3. The minimum absolute atomic E-state index is 0.228. The summed E-state index contributed by atoms with van der Waals surface area (Å²) in [6.45, 7) is 3.08. The second kappa shape index (κ2) is 5.92. The van der Waals surface area contributed by atoms with E-state index in [0.29, 0.717) is 10.6 Å². The molecule has 6 heteroatoms. The maximum absolute atomic E-state index is 11.8. The monoisotopic (exact) mass is 293 g/mol. The van der Waals surface area contributed by atoms with Crippen LogP contribution in [0.5, 0.6) is 0 Å². The Bertz CT molecular complexity index is 648. The highest BCUT2D eigenvalue weighted by Crippen LogP contribution is 2.27. The highest BCUT2D eigenvalue weighted by atomic mass is 32.1. The van der Waals surface area contributed by atoms with Crippen molar-refractivity contribution in [3.63, 3.8) is 0 Å². The number of ether oxygens (including phenoxy) is 2. The van der Waals surface area contributed by atoms with E-state index in [-0.39, 0.29) is 12.7 Å². The lowest BCUT2D eigenvalue weighted by molar-refractivity contribution is -0.150. The van der Waals surface area contributed by atoms with Crippen molar-refractivity contribution in [3.05, 3.63) is 29.1 Å². The molecular weight excluding hydrogens is 278 g/mol. The number of carbonyl (C=O) groups excluding carboxylic acids is 2. The molecule has 0 saturated carbocycles. The van der Waals surface area contributed by atoms with Gasteiger partial charge in [0.05, 0.1) is 6.10 Å². The zero-order valence-corrected chi connectivity index (χ0v) is 12.0. The number of carbonyl (C=O) groups is 2. The highest BCUT2D eigenvalue weighted by molar-refractivity contribution is 7.20. The van der Waals surface area contributed by atoms with Gasteiger partial charge in [0.25, 0.3) is 0 Å². The molecule has 5 nitrogen and oxygen atoms in total. The zero-order valence-electron chi connectivity index (χ0n) is 11.2. The first-order chi connectivity index (χ1) is 9.45. The highest BCUT2D eigenvalue weighted by Gasteiger charge is 2.14. The average Bonchev–Trinajstić information content (AvgIpc) is 2.78. The van der Waals surface area contributed by atoms with Gasteiger partial charge < -0.3 is 15.2 Å². The van der Waals surface area contributed by atoms with Gasteiger partial charge in [0.2, 0.25) is 0 Å². The van der Waals surface area contributed by atoms with Crippen molar-refractivity contribution in [1.29, 1.82) is 0 Å². The van der Waals surface area contributed by atoms with E-state index in [1.165, 1.54) is 11.3 Å². The fraction of sp³-hybridized carbons (Fsp3) is 0.286. The van der Waals surface area contributed by atoms with Crippen molar-refractivity contribution < 1.29 is 19.1 Å². The molecule has 0 unspecified atom stereocenters. The Labute approximate surface area is 120 Å². The minimum atomic E-state index is -0.557. The van der Waals surface area contributed by atoms with Crippen molar-refractivity contribution in [2.75, 3.05) is 12.3 Å². The fourth-order valence-electron chi connectivity index (χ4n) is 1.65. The number of anilines is 1. The van der Waals surface area contributed by atoms with Gasteiger partial charge in [0.15, 0.2) is 6.61 Å². The molecule has 1 heterocycles. The molecule has 0 atom stereocenters. The van der Waals surface area contributed by atoms with E-state index in [2.05, 4.69) is 0 Å². The molecule has 0 aliphatic heterocycles. The molecule has 2 rings (SSSR count). The largest absolute Gasteiger partial charge is 0.460 e. The first-order valence-electron chi connectivity index (χ1n) is 6.11. The lowest BCUT2D eigenvalue weighted by Crippen LogP contribution is -2.19. The van der Waals surface area contributed by atoms with Gasteiger partial charge in [0, 0.05) is 10.4 Å². The van der Waals surface area contributed by atoms with Crippen LogP contribution in [0.2, 0.25) is 0 Å². The number of nitrogen functional groups attached to an aromatic ring is 1. The Balaban J connectivity index is 2.02. The summed E-state index contributed by atoms with van der Waals surface area (Å²) in [5.41, 5.74) is 6.32. The molecule has 0 spiro atoms. The van der Waals surface area contributed by atoms with Crippen LogP contribution in [-0.2, 0) is 14.3 Å². The van der Waals surface area contributed by atoms with Crippen LogP contribution in [0.3, 0.4) is 0 Å². The van der Waals surface area contributed by atoms with Crippen LogP contribution in [0.1, 0.15) is 23.5 Å². The molecule has 0 fully saturated rings. The van der Waals surface area contributed by atoms with Gasteiger partial charge in [-0.1, -0.05) is 0 Å². The number of esters is 2. The van der Waals surface area contributed by atoms with E-state index in [9.17, 15) is 9.59 Å². The van der Waals surface area contributed by atoms with Gasteiger partial charge in [-0.15, -0.1) is 11.3 Å². The third kappa shape index (κ3) is 3.48. The maximum atomic E-state index is 11.8. The molecule has 0 saturated heterocycles. The van der Waals surface area contributed by atoms with E-state index in [0.717, 1.165) is 10.1 Å². The Hall–Kier alpha value is -2.08. The van der Waals surface area contributed by atoms with Crippen molar-refractivity contribution in [1.82, 2.24) is 0 Å². The van der Waals surface area contributed by atoms with Gasteiger partial charge in [0.1, 0.15) is 4.88 Å². The maximum Gasteiger partial charge on any atom is 0.348 e. The second-order valence-corrected chi connectivity index (χ2v) is 5.61. The number of fused-ring (bicyclic) bond motifs is 1. The Morgan fingerprint density at radius 1 is 1.30 bits per heavy atom. The summed E-state index contributed by atoms with van der Waals surface area (Å²) < 4.78 is 10.7. The first kappa shape index (κ1) is 14.3. The predicted octanol–water partition coefficient (Wildman–Crippen LogP) is 2.59. The average molecular weight is 293 g/mol. The number of thiophene rings is 1. The van der Waals surface area contributed by atoms with Crippen molar-refractivity contribution in [2.24, 2.45) is 0 Å². The molecule has 0 radical (unpaired) electrons. The van der Waals surface area contributed by atoms with Crippen LogP contribution in [-0.4, -0.2) is 24.6 Å². The van der Waals surface area contributed by atoms with Crippen LogP contribution in [0.25, 0.3) is 10.1 Å². The minimum Gasteiger partial charge on any atom is -0.460 e. The Kier molecular flexibility index (Phi) is 4.24. The molecule has 0 amide bonds. The second-order valence-electron chi connectivity index (χ2n) is 4.52. The van der Waals surface area contributed by atoms with Crippen LogP contribution >= 0.6 is 11.3 Å². The summed E-state index contributed by atoms with van der Waals surface area (Å²) in [4.78, 5) is 23.6. The van der Waals surface area contributed by atoms with E-state index in [4.69, 9.17) is 15.2 Å². The van der Waals surface area contributed by atoms with E-state index in [1.807, 2.05) is 6.07 Å². The summed E-state index contributed by atoms with van der Waals surface area (Å²) in [5, 5.41) is 0.881. The molecule has 2 aromatic rings. The molecule has 106 valence electrons. The summed E-state index contributed by atoms with van der Waals surface area (Å²) in [5.74, 6) is -1.09. The number of hydrogen-bond donors (Lipinski definition) is 1. The molecule has 20 heavy (non-hydrogen) atoms. The predicted molar refractivity (Wildman–Crippen MR) is 77.7 cm³/mol. The molecule has 1 aromatic heterocycles. The first-order valence-corrected chi connectivity index (χ1v) is 6.93. The summed E-state index contributed by atoms with van der Waals surface area (Å²) >= 11 is 1.30. The van der Waals surface area contributed by atoms with Gasteiger partial charge >= 0.3 is 11.9 Å². The van der Waals surface area contributed by atoms with E-state index < -0.39 is 11.9 Å². The Morgan fingerprint density at radius 2 is 2.05 bits per heavy atom. The van der Waals surface area contributed by atoms with Gasteiger partial charge in [-0.2, -0.15) is 0 Å². The normalized spacial score (nSPS) is 10.8. The fourth-order valence-corrected chi connectivity index (χ4v) is 2.59. The van der Waals surface area contributed by atoms with Gasteiger partial charge in [-0.05, 0) is 43.5 Å².